The summed E-state index contributed by atoms with van der Waals surface area (Å²) < 4.78 is 0. The van der Waals surface area contributed by atoms with Crippen molar-refractivity contribution in [2.45, 2.75) is 6.54 Å². The monoisotopic (exact) mass is 285 g/mol. The number of nitrogens with zero attached hydrogens (tertiary/aromatic N) is 2. The van der Waals surface area contributed by atoms with E-state index in [-0.39, 0.29) is 9.92 Å². The van der Waals surface area contributed by atoms with Gasteiger partial charge in [-0.1, -0.05) is 29.5 Å². The first kappa shape index (κ1) is 12.6. The molecule has 0 bridgehead atoms. The molecular weight excluding hydrogens is 274 g/mol. The van der Waals surface area contributed by atoms with Crippen LogP contribution in [0.1, 0.15) is 4.88 Å². The van der Waals surface area contributed by atoms with Crippen LogP contribution in [0.2, 0.25) is 0 Å². The van der Waals surface area contributed by atoms with E-state index in [0.29, 0.717) is 6.54 Å². The number of pyridine rings is 1. The molecule has 1 aromatic carbocycles. The van der Waals surface area contributed by atoms with Crippen molar-refractivity contribution in [1.29, 1.82) is 0 Å². The van der Waals surface area contributed by atoms with Crippen molar-refractivity contribution in [3.05, 3.63) is 63.7 Å². The minimum atomic E-state index is -0.367. The first-order chi connectivity index (χ1) is 9.74. The number of aromatic nitrogens is 1. The lowest BCUT2D eigenvalue weighted by molar-refractivity contribution is -0.380. The van der Waals surface area contributed by atoms with Gasteiger partial charge < -0.3 is 5.32 Å². The Bertz CT molecular complexity index is 764. The number of nitrogens with one attached hydrogen (secondary N) is 1. The van der Waals surface area contributed by atoms with Crippen LogP contribution in [0, 0.1) is 10.1 Å². The molecule has 1 N–H and O–H groups in total. The van der Waals surface area contributed by atoms with Gasteiger partial charge in [-0.25, -0.2) is 0 Å². The summed E-state index contributed by atoms with van der Waals surface area (Å²) in [6, 6.07) is 13.1. The maximum atomic E-state index is 10.6. The number of benzene rings is 1. The van der Waals surface area contributed by atoms with Gasteiger partial charge in [-0.2, -0.15) is 0 Å². The number of fused-ring (bicyclic) bond motifs is 1. The number of thiophene rings is 1. The fourth-order valence-corrected chi connectivity index (χ4v) is 2.75. The minimum Gasteiger partial charge on any atom is -0.378 e. The lowest BCUT2D eigenvalue weighted by Gasteiger charge is -2.07. The van der Waals surface area contributed by atoms with Crippen molar-refractivity contribution in [3.8, 4) is 0 Å². The van der Waals surface area contributed by atoms with Crippen molar-refractivity contribution >= 4 is 32.9 Å². The maximum absolute atomic E-state index is 10.6. The van der Waals surface area contributed by atoms with Gasteiger partial charge in [-0.05, 0) is 18.2 Å². The molecule has 2 heterocycles. The molecule has 0 saturated heterocycles. The highest BCUT2D eigenvalue weighted by atomic mass is 32.1. The average Bonchev–Trinajstić information content (AvgIpc) is 2.94. The molecule has 0 aliphatic carbocycles. The van der Waals surface area contributed by atoms with Gasteiger partial charge >= 0.3 is 5.00 Å². The fraction of sp³-hybridized carbons (Fsp3) is 0.0714. The summed E-state index contributed by atoms with van der Waals surface area (Å²) in [5.41, 5.74) is 1.83. The molecule has 0 aliphatic rings. The largest absolute Gasteiger partial charge is 0.378 e. The number of rotatable bonds is 4. The van der Waals surface area contributed by atoms with E-state index in [1.165, 1.54) is 17.4 Å². The van der Waals surface area contributed by atoms with Gasteiger partial charge in [-0.3, -0.25) is 15.1 Å². The summed E-state index contributed by atoms with van der Waals surface area (Å²) in [6.07, 6.45) is 1.75. The van der Waals surface area contributed by atoms with E-state index in [2.05, 4.69) is 10.3 Å². The zero-order valence-corrected chi connectivity index (χ0v) is 11.3. The van der Waals surface area contributed by atoms with Crippen LogP contribution in [0.25, 0.3) is 10.9 Å². The summed E-state index contributed by atoms with van der Waals surface area (Å²) >= 11 is 1.18. The molecule has 6 heteroatoms. The van der Waals surface area contributed by atoms with Crippen molar-refractivity contribution < 1.29 is 4.92 Å². The van der Waals surface area contributed by atoms with E-state index >= 15 is 0 Å². The second kappa shape index (κ2) is 5.26. The smallest absolute Gasteiger partial charge is 0.324 e. The SMILES string of the molecule is O=[N+]([O-])c1ccc(CNc2cccc3cccnc23)s1. The topological polar surface area (TPSA) is 68.1 Å². The molecule has 0 saturated carbocycles. The van der Waals surface area contributed by atoms with Gasteiger partial charge in [0, 0.05) is 29.1 Å². The first-order valence-corrected chi connectivity index (χ1v) is 6.86. The summed E-state index contributed by atoms with van der Waals surface area (Å²) in [6.45, 7) is 0.550. The molecule has 0 fully saturated rings. The molecule has 0 radical (unpaired) electrons. The quantitative estimate of drug-likeness (QED) is 0.584. The van der Waals surface area contributed by atoms with Crippen molar-refractivity contribution in [2.75, 3.05) is 5.32 Å². The number of hydrogen-bond donors (Lipinski definition) is 1. The predicted octanol–water partition coefficient (Wildman–Crippen LogP) is 3.82. The zero-order valence-electron chi connectivity index (χ0n) is 10.4. The first-order valence-electron chi connectivity index (χ1n) is 6.05. The second-order valence-corrected chi connectivity index (χ2v) is 5.38. The Morgan fingerprint density at radius 2 is 2.05 bits per heavy atom. The molecule has 0 aliphatic heterocycles. The minimum absolute atomic E-state index is 0.165. The van der Waals surface area contributed by atoms with Crippen LogP contribution >= 0.6 is 11.3 Å². The van der Waals surface area contributed by atoms with Crippen LogP contribution in [-0.4, -0.2) is 9.91 Å². The molecular formula is C14H11N3O2S. The molecule has 0 spiro atoms. The van der Waals surface area contributed by atoms with E-state index in [0.717, 1.165) is 21.5 Å². The summed E-state index contributed by atoms with van der Waals surface area (Å²) in [4.78, 5) is 15.6. The van der Waals surface area contributed by atoms with Crippen LogP contribution in [0.5, 0.6) is 0 Å². The average molecular weight is 285 g/mol. The highest BCUT2D eigenvalue weighted by molar-refractivity contribution is 7.15. The summed E-state index contributed by atoms with van der Waals surface area (Å²) in [5.74, 6) is 0. The van der Waals surface area contributed by atoms with Gasteiger partial charge in [0.05, 0.1) is 16.1 Å². The Morgan fingerprint density at radius 1 is 1.20 bits per heavy atom. The van der Waals surface area contributed by atoms with Gasteiger partial charge in [0.25, 0.3) is 0 Å². The zero-order chi connectivity index (χ0) is 13.9. The van der Waals surface area contributed by atoms with Gasteiger partial charge in [0.2, 0.25) is 0 Å². The van der Waals surface area contributed by atoms with Crippen LogP contribution in [0.3, 0.4) is 0 Å². The lowest BCUT2D eigenvalue weighted by Crippen LogP contribution is -1.98. The molecule has 2 aromatic heterocycles. The highest BCUT2D eigenvalue weighted by Gasteiger charge is 2.09. The molecule has 20 heavy (non-hydrogen) atoms. The Balaban J connectivity index is 1.81. The van der Waals surface area contributed by atoms with Crippen molar-refractivity contribution in [3.63, 3.8) is 0 Å². The Morgan fingerprint density at radius 3 is 2.85 bits per heavy atom. The van der Waals surface area contributed by atoms with Crippen LogP contribution < -0.4 is 5.32 Å². The van der Waals surface area contributed by atoms with E-state index < -0.39 is 0 Å². The third kappa shape index (κ3) is 2.46. The number of nitro groups is 1. The highest BCUT2D eigenvalue weighted by Crippen LogP contribution is 2.26. The van der Waals surface area contributed by atoms with E-state index in [9.17, 15) is 10.1 Å². The van der Waals surface area contributed by atoms with Gasteiger partial charge in [0.1, 0.15) is 0 Å². The third-order valence-corrected chi connectivity index (χ3v) is 3.95. The molecule has 100 valence electrons. The summed E-state index contributed by atoms with van der Waals surface area (Å²) in [7, 11) is 0. The Hall–Kier alpha value is -2.47. The standard InChI is InChI=1S/C14H11N3O2S/c18-17(19)13-7-6-11(20-13)9-16-12-5-1-3-10-4-2-8-15-14(10)12/h1-8,16H,9H2. The van der Waals surface area contributed by atoms with Gasteiger partial charge in [0.15, 0.2) is 0 Å². The molecule has 0 amide bonds. The third-order valence-electron chi connectivity index (χ3n) is 2.91. The van der Waals surface area contributed by atoms with E-state index in [4.69, 9.17) is 0 Å². The lowest BCUT2D eigenvalue weighted by atomic mass is 10.2. The van der Waals surface area contributed by atoms with E-state index in [1.54, 1.807) is 12.3 Å². The molecule has 0 atom stereocenters. The number of para-hydroxylation sites is 1. The fourth-order valence-electron chi connectivity index (χ4n) is 1.99. The number of hydrogen-bond acceptors (Lipinski definition) is 5. The summed E-state index contributed by atoms with van der Waals surface area (Å²) in [5, 5.41) is 15.2. The molecule has 0 unspecified atom stereocenters. The van der Waals surface area contributed by atoms with Crippen LogP contribution in [0.4, 0.5) is 10.7 Å². The molecule has 5 nitrogen and oxygen atoms in total. The number of anilines is 1. The van der Waals surface area contributed by atoms with E-state index in [1.807, 2.05) is 30.3 Å². The normalized spacial score (nSPS) is 10.6. The van der Waals surface area contributed by atoms with Crippen molar-refractivity contribution in [1.82, 2.24) is 4.98 Å². The maximum Gasteiger partial charge on any atom is 0.324 e. The van der Waals surface area contributed by atoms with Crippen molar-refractivity contribution in [2.24, 2.45) is 0 Å². The Labute approximate surface area is 119 Å². The molecule has 3 rings (SSSR count). The second-order valence-electron chi connectivity index (χ2n) is 4.23. The predicted molar refractivity (Wildman–Crippen MR) is 80.0 cm³/mol. The Kier molecular flexibility index (Phi) is 3.30. The van der Waals surface area contributed by atoms with Crippen LogP contribution in [0.15, 0.2) is 48.7 Å². The van der Waals surface area contributed by atoms with Crippen LogP contribution in [-0.2, 0) is 6.54 Å². The molecule has 3 aromatic rings. The van der Waals surface area contributed by atoms with Gasteiger partial charge in [-0.15, -0.1) is 0 Å².